The van der Waals surface area contributed by atoms with Crippen molar-refractivity contribution in [2.45, 2.75) is 18.9 Å². The molecule has 1 atom stereocenters. The van der Waals surface area contributed by atoms with Gasteiger partial charge in [0.2, 0.25) is 0 Å². The maximum atomic E-state index is 5.40. The van der Waals surface area contributed by atoms with Crippen LogP contribution in [0.3, 0.4) is 0 Å². The van der Waals surface area contributed by atoms with Gasteiger partial charge in [0.25, 0.3) is 0 Å². The van der Waals surface area contributed by atoms with Gasteiger partial charge in [-0.05, 0) is 30.8 Å². The van der Waals surface area contributed by atoms with Gasteiger partial charge in [0.1, 0.15) is 0 Å². The van der Waals surface area contributed by atoms with E-state index >= 15 is 0 Å². The molecule has 18 heavy (non-hydrogen) atoms. The molecule has 1 aromatic rings. The summed E-state index contributed by atoms with van der Waals surface area (Å²) in [5.41, 5.74) is 0. The van der Waals surface area contributed by atoms with Crippen LogP contribution in [0.15, 0.2) is 17.5 Å². The van der Waals surface area contributed by atoms with E-state index in [4.69, 9.17) is 4.74 Å². The van der Waals surface area contributed by atoms with E-state index in [-0.39, 0.29) is 0 Å². The van der Waals surface area contributed by atoms with E-state index in [2.05, 4.69) is 27.3 Å². The molecule has 3 heterocycles. The summed E-state index contributed by atoms with van der Waals surface area (Å²) < 4.78 is 5.40. The number of hydrogen-bond donors (Lipinski definition) is 0. The van der Waals surface area contributed by atoms with Crippen LogP contribution in [0, 0.1) is 0 Å². The van der Waals surface area contributed by atoms with E-state index in [1.807, 2.05) is 11.3 Å². The van der Waals surface area contributed by atoms with Gasteiger partial charge in [-0.1, -0.05) is 6.07 Å². The van der Waals surface area contributed by atoms with E-state index < -0.39 is 0 Å². The lowest BCUT2D eigenvalue weighted by atomic mass is 10.2. The maximum Gasteiger partial charge on any atom is 0.0594 e. The minimum atomic E-state index is 0.686. The smallest absolute Gasteiger partial charge is 0.0594 e. The summed E-state index contributed by atoms with van der Waals surface area (Å²) in [7, 11) is 0. The molecular formula is C14H22N2OS. The summed E-state index contributed by atoms with van der Waals surface area (Å²) >= 11 is 1.91. The third-order valence-corrected chi connectivity index (χ3v) is 5.02. The number of rotatable bonds is 4. The average Bonchev–Trinajstić information content (AvgIpc) is 3.08. The van der Waals surface area contributed by atoms with E-state index in [0.717, 1.165) is 26.3 Å². The van der Waals surface area contributed by atoms with Crippen molar-refractivity contribution >= 4 is 11.3 Å². The van der Waals surface area contributed by atoms with Gasteiger partial charge in [0.15, 0.2) is 0 Å². The van der Waals surface area contributed by atoms with Gasteiger partial charge in [-0.15, -0.1) is 11.3 Å². The molecule has 4 heteroatoms. The number of ether oxygens (including phenoxy) is 1. The molecule has 0 amide bonds. The van der Waals surface area contributed by atoms with Gasteiger partial charge in [-0.2, -0.15) is 0 Å². The lowest BCUT2D eigenvalue weighted by Gasteiger charge is -2.30. The zero-order chi connectivity index (χ0) is 12.2. The molecule has 0 aliphatic carbocycles. The third-order valence-electron chi connectivity index (χ3n) is 4.04. The molecular weight excluding hydrogens is 244 g/mol. The van der Waals surface area contributed by atoms with Gasteiger partial charge >= 0.3 is 0 Å². The van der Waals surface area contributed by atoms with Crippen LogP contribution in [0.1, 0.15) is 23.8 Å². The number of thiophene rings is 1. The molecule has 3 nitrogen and oxygen atoms in total. The highest BCUT2D eigenvalue weighted by Gasteiger charge is 2.26. The number of hydrogen-bond acceptors (Lipinski definition) is 4. The van der Waals surface area contributed by atoms with Crippen molar-refractivity contribution in [3.05, 3.63) is 22.4 Å². The van der Waals surface area contributed by atoms with Crippen LogP contribution in [-0.2, 0) is 4.74 Å². The van der Waals surface area contributed by atoms with Gasteiger partial charge in [-0.3, -0.25) is 9.80 Å². The molecule has 0 radical (unpaired) electrons. The lowest BCUT2D eigenvalue weighted by Crippen LogP contribution is -2.41. The van der Waals surface area contributed by atoms with Crippen molar-refractivity contribution in [2.24, 2.45) is 0 Å². The molecule has 0 aromatic carbocycles. The topological polar surface area (TPSA) is 15.7 Å². The Bertz CT molecular complexity index is 349. The van der Waals surface area contributed by atoms with Crippen molar-refractivity contribution in [1.82, 2.24) is 9.80 Å². The van der Waals surface area contributed by atoms with Crippen LogP contribution < -0.4 is 0 Å². The Morgan fingerprint density at radius 2 is 2.11 bits per heavy atom. The highest BCUT2D eigenvalue weighted by molar-refractivity contribution is 7.10. The predicted octanol–water partition coefficient (Wildman–Crippen LogP) is 2.22. The van der Waals surface area contributed by atoms with Crippen LogP contribution in [-0.4, -0.2) is 55.7 Å². The Balaban J connectivity index is 1.52. The average molecular weight is 266 g/mol. The molecule has 2 aliphatic rings. The molecule has 100 valence electrons. The van der Waals surface area contributed by atoms with Gasteiger partial charge in [-0.25, -0.2) is 0 Å². The highest BCUT2D eigenvalue weighted by atomic mass is 32.1. The summed E-state index contributed by atoms with van der Waals surface area (Å²) in [6.45, 7) is 7.72. The summed E-state index contributed by atoms with van der Waals surface area (Å²) in [5.74, 6) is 0. The Morgan fingerprint density at radius 1 is 1.22 bits per heavy atom. The zero-order valence-corrected chi connectivity index (χ0v) is 11.7. The van der Waals surface area contributed by atoms with Crippen LogP contribution in [0.5, 0.6) is 0 Å². The van der Waals surface area contributed by atoms with Gasteiger partial charge in [0, 0.05) is 37.1 Å². The van der Waals surface area contributed by atoms with Crippen molar-refractivity contribution < 1.29 is 4.74 Å². The molecule has 3 rings (SSSR count). The number of likely N-dealkylation sites (tertiary alicyclic amines) is 1. The second kappa shape index (κ2) is 6.15. The second-order valence-electron chi connectivity index (χ2n) is 5.16. The van der Waals surface area contributed by atoms with Crippen molar-refractivity contribution in [3.8, 4) is 0 Å². The molecule has 2 aliphatic heterocycles. The van der Waals surface area contributed by atoms with E-state index in [1.165, 1.54) is 32.5 Å². The molecule has 2 saturated heterocycles. The van der Waals surface area contributed by atoms with E-state index in [1.54, 1.807) is 4.88 Å². The van der Waals surface area contributed by atoms with Gasteiger partial charge < -0.3 is 4.74 Å². The Kier molecular flexibility index (Phi) is 4.31. The van der Waals surface area contributed by atoms with Crippen LogP contribution in [0.25, 0.3) is 0 Å². The standard InChI is InChI=1S/C14H22N2OS/c1-3-13(14-4-2-12-18-14)16(5-1)7-6-15-8-10-17-11-9-15/h2,4,12-13H,1,3,5-11H2/t13-/m0/s1. The van der Waals surface area contributed by atoms with Crippen molar-refractivity contribution in [1.29, 1.82) is 0 Å². The monoisotopic (exact) mass is 266 g/mol. The van der Waals surface area contributed by atoms with E-state index in [0.29, 0.717) is 6.04 Å². The highest BCUT2D eigenvalue weighted by Crippen LogP contribution is 2.33. The van der Waals surface area contributed by atoms with Crippen molar-refractivity contribution in [3.63, 3.8) is 0 Å². The second-order valence-corrected chi connectivity index (χ2v) is 6.14. The van der Waals surface area contributed by atoms with Gasteiger partial charge in [0.05, 0.1) is 13.2 Å². The lowest BCUT2D eigenvalue weighted by molar-refractivity contribution is 0.0327. The van der Waals surface area contributed by atoms with E-state index in [9.17, 15) is 0 Å². The number of morpholine rings is 1. The van der Waals surface area contributed by atoms with Crippen LogP contribution in [0.2, 0.25) is 0 Å². The predicted molar refractivity (Wildman–Crippen MR) is 75.1 cm³/mol. The maximum absolute atomic E-state index is 5.40. The fraction of sp³-hybridized carbons (Fsp3) is 0.714. The SMILES string of the molecule is c1csc([C@@H]2CCCN2CCN2CCOCC2)c1. The summed E-state index contributed by atoms with van der Waals surface area (Å²) in [4.78, 5) is 6.75. The summed E-state index contributed by atoms with van der Waals surface area (Å²) in [6, 6.07) is 5.16. The minimum absolute atomic E-state index is 0.686. The molecule has 0 saturated carbocycles. The molecule has 0 unspecified atom stereocenters. The first-order valence-corrected chi connectivity index (χ1v) is 7.89. The van der Waals surface area contributed by atoms with Crippen LogP contribution >= 0.6 is 11.3 Å². The largest absolute Gasteiger partial charge is 0.379 e. The first-order chi connectivity index (χ1) is 8.93. The van der Waals surface area contributed by atoms with Crippen LogP contribution in [0.4, 0.5) is 0 Å². The fourth-order valence-corrected chi connectivity index (χ4v) is 3.89. The van der Waals surface area contributed by atoms with Crippen molar-refractivity contribution in [2.75, 3.05) is 45.9 Å². The Hall–Kier alpha value is -0.420. The quantitative estimate of drug-likeness (QED) is 0.831. The number of nitrogens with zero attached hydrogens (tertiary/aromatic N) is 2. The molecule has 2 fully saturated rings. The Morgan fingerprint density at radius 3 is 2.89 bits per heavy atom. The third kappa shape index (κ3) is 2.94. The summed E-state index contributed by atoms with van der Waals surface area (Å²) in [6.07, 6.45) is 2.69. The molecule has 0 bridgehead atoms. The fourth-order valence-electron chi connectivity index (χ4n) is 2.99. The minimum Gasteiger partial charge on any atom is -0.379 e. The zero-order valence-electron chi connectivity index (χ0n) is 10.9. The molecule has 0 spiro atoms. The molecule has 0 N–H and O–H groups in total. The first kappa shape index (κ1) is 12.6. The Labute approximate surface area is 113 Å². The first-order valence-electron chi connectivity index (χ1n) is 7.01. The molecule has 1 aromatic heterocycles. The summed E-state index contributed by atoms with van der Waals surface area (Å²) in [5, 5.41) is 2.20. The normalized spacial score (nSPS) is 26.8.